The van der Waals surface area contributed by atoms with Gasteiger partial charge >= 0.3 is 5.97 Å². The third kappa shape index (κ3) is 2.83. The Morgan fingerprint density at radius 2 is 1.86 bits per heavy atom. The number of esters is 1. The monoisotopic (exact) mass is 196 g/mol. The van der Waals surface area contributed by atoms with Gasteiger partial charge in [0.05, 0.1) is 6.10 Å². The molecule has 0 aliphatic heterocycles. The van der Waals surface area contributed by atoms with E-state index in [9.17, 15) is 4.79 Å². The standard InChI is InChI=1S/C10H12O4/c1-7(11)9(12)10(13)14-8-5-3-2-4-6-8/h2-7,9,11-12H,1H3. The molecule has 0 aromatic heterocycles. The van der Waals surface area contributed by atoms with Crippen molar-refractivity contribution in [3.05, 3.63) is 30.3 Å². The van der Waals surface area contributed by atoms with Gasteiger partial charge in [0.15, 0.2) is 6.10 Å². The summed E-state index contributed by atoms with van der Waals surface area (Å²) in [6.45, 7) is 1.32. The number of benzene rings is 1. The van der Waals surface area contributed by atoms with Crippen molar-refractivity contribution in [1.82, 2.24) is 0 Å². The molecule has 2 N–H and O–H groups in total. The van der Waals surface area contributed by atoms with Crippen molar-refractivity contribution < 1.29 is 19.7 Å². The molecule has 0 heterocycles. The first-order valence-electron chi connectivity index (χ1n) is 4.24. The topological polar surface area (TPSA) is 66.8 Å². The van der Waals surface area contributed by atoms with E-state index in [1.165, 1.54) is 6.92 Å². The SMILES string of the molecule is CC(O)C(O)C(=O)Oc1ccccc1. The van der Waals surface area contributed by atoms with Crippen LogP contribution in [0, 0.1) is 0 Å². The molecule has 0 aliphatic rings. The van der Waals surface area contributed by atoms with E-state index >= 15 is 0 Å². The molecule has 0 aliphatic carbocycles. The fourth-order valence-corrected chi connectivity index (χ4v) is 0.862. The average Bonchev–Trinajstić information content (AvgIpc) is 2.18. The third-order valence-electron chi connectivity index (χ3n) is 1.66. The highest BCUT2D eigenvalue weighted by atomic mass is 16.6. The second-order valence-electron chi connectivity index (χ2n) is 2.92. The molecule has 2 unspecified atom stereocenters. The van der Waals surface area contributed by atoms with Gasteiger partial charge in [-0.25, -0.2) is 4.79 Å². The molecule has 0 saturated heterocycles. The largest absolute Gasteiger partial charge is 0.425 e. The van der Waals surface area contributed by atoms with Crippen molar-refractivity contribution in [2.75, 3.05) is 0 Å². The summed E-state index contributed by atoms with van der Waals surface area (Å²) in [6.07, 6.45) is -2.64. The lowest BCUT2D eigenvalue weighted by Gasteiger charge is -2.12. The summed E-state index contributed by atoms with van der Waals surface area (Å²) in [4.78, 5) is 11.1. The van der Waals surface area contributed by atoms with Crippen LogP contribution in [0.5, 0.6) is 5.75 Å². The van der Waals surface area contributed by atoms with Gasteiger partial charge in [-0.2, -0.15) is 0 Å². The Hall–Kier alpha value is -1.39. The Bertz CT molecular complexity index is 294. The van der Waals surface area contributed by atoms with Crippen LogP contribution in [0.2, 0.25) is 0 Å². The van der Waals surface area contributed by atoms with Crippen molar-refractivity contribution in [3.8, 4) is 5.75 Å². The number of rotatable bonds is 3. The van der Waals surface area contributed by atoms with E-state index in [0.29, 0.717) is 5.75 Å². The van der Waals surface area contributed by atoms with Gasteiger partial charge in [-0.05, 0) is 19.1 Å². The van der Waals surface area contributed by atoms with Crippen LogP contribution >= 0.6 is 0 Å². The number of aliphatic hydroxyl groups excluding tert-OH is 2. The Labute approximate surface area is 81.8 Å². The van der Waals surface area contributed by atoms with E-state index in [4.69, 9.17) is 14.9 Å². The van der Waals surface area contributed by atoms with Gasteiger partial charge in [0, 0.05) is 0 Å². The number of aliphatic hydroxyl groups is 2. The number of carbonyl (C=O) groups is 1. The van der Waals surface area contributed by atoms with Gasteiger partial charge in [-0.1, -0.05) is 18.2 Å². The Balaban J connectivity index is 2.58. The molecule has 14 heavy (non-hydrogen) atoms. The maximum absolute atomic E-state index is 11.1. The fraction of sp³-hybridized carbons (Fsp3) is 0.300. The van der Waals surface area contributed by atoms with Crippen molar-refractivity contribution >= 4 is 5.97 Å². The zero-order chi connectivity index (χ0) is 10.6. The van der Waals surface area contributed by atoms with E-state index < -0.39 is 18.2 Å². The zero-order valence-electron chi connectivity index (χ0n) is 7.75. The van der Waals surface area contributed by atoms with Gasteiger partial charge < -0.3 is 14.9 Å². The minimum atomic E-state index is -1.50. The molecule has 4 heteroatoms. The summed E-state index contributed by atoms with van der Waals surface area (Å²) in [5.74, 6) is -0.511. The minimum absolute atomic E-state index is 0.345. The van der Waals surface area contributed by atoms with E-state index in [-0.39, 0.29) is 0 Å². The van der Waals surface area contributed by atoms with E-state index in [0.717, 1.165) is 0 Å². The van der Waals surface area contributed by atoms with Gasteiger partial charge in [0.1, 0.15) is 5.75 Å². The van der Waals surface area contributed by atoms with E-state index in [1.807, 2.05) is 0 Å². The summed E-state index contributed by atoms with van der Waals surface area (Å²) >= 11 is 0. The van der Waals surface area contributed by atoms with Crippen LogP contribution in [0.25, 0.3) is 0 Å². The van der Waals surface area contributed by atoms with E-state index in [1.54, 1.807) is 30.3 Å². The molecule has 0 bridgehead atoms. The van der Waals surface area contributed by atoms with Gasteiger partial charge in [-0.15, -0.1) is 0 Å². The number of carbonyl (C=O) groups excluding carboxylic acids is 1. The first-order valence-corrected chi connectivity index (χ1v) is 4.24. The Morgan fingerprint density at radius 3 is 2.36 bits per heavy atom. The lowest BCUT2D eigenvalue weighted by Crippen LogP contribution is -2.34. The Morgan fingerprint density at radius 1 is 1.29 bits per heavy atom. The number of para-hydroxylation sites is 1. The average molecular weight is 196 g/mol. The minimum Gasteiger partial charge on any atom is -0.425 e. The molecule has 0 fully saturated rings. The summed E-state index contributed by atoms with van der Waals surface area (Å²) < 4.78 is 4.79. The third-order valence-corrected chi connectivity index (χ3v) is 1.66. The highest BCUT2D eigenvalue weighted by Crippen LogP contribution is 2.09. The molecular formula is C10H12O4. The first-order chi connectivity index (χ1) is 6.61. The maximum Gasteiger partial charge on any atom is 0.343 e. The zero-order valence-corrected chi connectivity index (χ0v) is 7.75. The van der Waals surface area contributed by atoms with Gasteiger partial charge in [-0.3, -0.25) is 0 Å². The predicted molar refractivity (Wildman–Crippen MR) is 49.8 cm³/mol. The van der Waals surface area contributed by atoms with Crippen LogP contribution in [-0.4, -0.2) is 28.4 Å². The van der Waals surface area contributed by atoms with Crippen LogP contribution in [0.3, 0.4) is 0 Å². The van der Waals surface area contributed by atoms with Gasteiger partial charge in [0.2, 0.25) is 0 Å². The molecule has 0 saturated carbocycles. The van der Waals surface area contributed by atoms with Crippen molar-refractivity contribution in [2.24, 2.45) is 0 Å². The molecule has 1 aromatic carbocycles. The molecule has 4 nitrogen and oxygen atoms in total. The smallest absolute Gasteiger partial charge is 0.343 e. The number of ether oxygens (including phenoxy) is 1. The predicted octanol–water partition coefficient (Wildman–Crippen LogP) is 0.334. The molecule has 0 amide bonds. The summed E-state index contributed by atoms with van der Waals surface area (Å²) in [6, 6.07) is 8.37. The van der Waals surface area contributed by atoms with Crippen molar-refractivity contribution in [2.45, 2.75) is 19.1 Å². The Kier molecular flexibility index (Phi) is 3.62. The first kappa shape index (κ1) is 10.7. The quantitative estimate of drug-likeness (QED) is 0.540. The second-order valence-corrected chi connectivity index (χ2v) is 2.92. The molecule has 76 valence electrons. The van der Waals surface area contributed by atoms with Crippen LogP contribution < -0.4 is 4.74 Å². The van der Waals surface area contributed by atoms with Crippen LogP contribution in [-0.2, 0) is 4.79 Å². The lowest BCUT2D eigenvalue weighted by molar-refractivity contribution is -0.149. The summed E-state index contributed by atoms with van der Waals surface area (Å²) in [7, 11) is 0. The fourth-order valence-electron chi connectivity index (χ4n) is 0.862. The van der Waals surface area contributed by atoms with Crippen molar-refractivity contribution in [3.63, 3.8) is 0 Å². The molecule has 0 radical (unpaired) electrons. The normalized spacial score (nSPS) is 14.5. The van der Waals surface area contributed by atoms with E-state index in [2.05, 4.69) is 0 Å². The number of hydrogen-bond donors (Lipinski definition) is 2. The van der Waals surface area contributed by atoms with Gasteiger partial charge in [0.25, 0.3) is 0 Å². The van der Waals surface area contributed by atoms with Crippen LogP contribution in [0.1, 0.15) is 6.92 Å². The highest BCUT2D eigenvalue weighted by Gasteiger charge is 2.22. The molecular weight excluding hydrogens is 184 g/mol. The van der Waals surface area contributed by atoms with Crippen LogP contribution in [0.4, 0.5) is 0 Å². The summed E-state index contributed by atoms with van der Waals surface area (Å²) in [5, 5.41) is 18.1. The number of hydrogen-bond acceptors (Lipinski definition) is 4. The second kappa shape index (κ2) is 4.74. The molecule has 1 rings (SSSR count). The van der Waals surface area contributed by atoms with Crippen molar-refractivity contribution in [1.29, 1.82) is 0 Å². The maximum atomic E-state index is 11.1. The van der Waals surface area contributed by atoms with Crippen LogP contribution in [0.15, 0.2) is 30.3 Å². The molecule has 0 spiro atoms. The summed E-state index contributed by atoms with van der Waals surface area (Å²) in [5.41, 5.74) is 0. The molecule has 2 atom stereocenters. The highest BCUT2D eigenvalue weighted by molar-refractivity contribution is 5.77. The lowest BCUT2D eigenvalue weighted by atomic mass is 10.2. The molecule has 1 aromatic rings.